The molecule has 1 N–H and O–H groups in total. The van der Waals surface area contributed by atoms with E-state index in [4.69, 9.17) is 0 Å². The molecule has 0 unspecified atom stereocenters. The fraction of sp³-hybridized carbons (Fsp3) is 0.474. The van der Waals surface area contributed by atoms with Crippen molar-refractivity contribution in [3.63, 3.8) is 0 Å². The monoisotopic (exact) mass is 362 g/mol. The summed E-state index contributed by atoms with van der Waals surface area (Å²) in [6.45, 7) is 7.15. The van der Waals surface area contributed by atoms with Gasteiger partial charge in [0.05, 0.1) is 11.4 Å². The van der Waals surface area contributed by atoms with Crippen molar-refractivity contribution in [1.82, 2.24) is 10.3 Å². The van der Waals surface area contributed by atoms with Gasteiger partial charge in [-0.1, -0.05) is 43.7 Å². The van der Waals surface area contributed by atoms with Crippen LogP contribution in [0, 0.1) is 12.8 Å². The van der Waals surface area contributed by atoms with Crippen molar-refractivity contribution in [2.45, 2.75) is 33.6 Å². The number of thioether (sulfide) groups is 1. The summed E-state index contributed by atoms with van der Waals surface area (Å²) in [5.41, 5.74) is 3.45. The minimum atomic E-state index is 0.123. The number of thiazole rings is 1. The molecule has 0 atom stereocenters. The van der Waals surface area contributed by atoms with Crippen molar-refractivity contribution in [2.24, 2.45) is 5.92 Å². The zero-order valence-corrected chi connectivity index (χ0v) is 16.3. The standard InChI is InChI=1S/C19H26N2OS2/c1-14(2)9-11-23-13-18(22)20-10-8-17-12-24-19(21-17)16-6-4-15(3)5-7-16/h4-7,12,14H,8-11,13H2,1-3H3,(H,20,22). The Morgan fingerprint density at radius 3 is 2.75 bits per heavy atom. The van der Waals surface area contributed by atoms with Gasteiger partial charge in [0.15, 0.2) is 0 Å². The van der Waals surface area contributed by atoms with Gasteiger partial charge in [0.1, 0.15) is 5.01 Å². The van der Waals surface area contributed by atoms with Crippen LogP contribution in [0.15, 0.2) is 29.6 Å². The average Bonchev–Trinajstić information content (AvgIpc) is 3.01. The Balaban J connectivity index is 1.69. The molecule has 0 saturated carbocycles. The van der Waals surface area contributed by atoms with Crippen LogP contribution in [-0.4, -0.2) is 28.9 Å². The van der Waals surface area contributed by atoms with Gasteiger partial charge >= 0.3 is 0 Å². The molecule has 24 heavy (non-hydrogen) atoms. The first kappa shape index (κ1) is 19.0. The highest BCUT2D eigenvalue weighted by atomic mass is 32.2. The summed E-state index contributed by atoms with van der Waals surface area (Å²) in [5, 5.41) is 6.10. The molecule has 0 spiro atoms. The van der Waals surface area contributed by atoms with E-state index in [9.17, 15) is 4.79 Å². The SMILES string of the molecule is Cc1ccc(-c2nc(CCNC(=O)CSCCC(C)C)cs2)cc1. The summed E-state index contributed by atoms with van der Waals surface area (Å²) in [6, 6.07) is 8.42. The molecular weight excluding hydrogens is 336 g/mol. The number of carbonyl (C=O) groups excluding carboxylic acids is 1. The number of nitrogens with one attached hydrogen (secondary N) is 1. The third-order valence-electron chi connectivity index (χ3n) is 3.63. The molecule has 5 heteroatoms. The van der Waals surface area contributed by atoms with Crippen LogP contribution >= 0.6 is 23.1 Å². The third kappa shape index (κ3) is 6.65. The molecule has 0 fully saturated rings. The van der Waals surface area contributed by atoms with Gasteiger partial charge in [-0.05, 0) is 25.0 Å². The van der Waals surface area contributed by atoms with Crippen molar-refractivity contribution in [3.05, 3.63) is 40.9 Å². The number of aromatic nitrogens is 1. The molecule has 1 heterocycles. The minimum Gasteiger partial charge on any atom is -0.355 e. The summed E-state index contributed by atoms with van der Waals surface area (Å²) in [7, 11) is 0. The molecular formula is C19H26N2OS2. The van der Waals surface area contributed by atoms with E-state index in [2.05, 4.69) is 60.7 Å². The maximum absolute atomic E-state index is 11.8. The van der Waals surface area contributed by atoms with E-state index in [0.717, 1.165) is 28.4 Å². The van der Waals surface area contributed by atoms with E-state index in [-0.39, 0.29) is 5.91 Å². The molecule has 0 aliphatic carbocycles. The maximum Gasteiger partial charge on any atom is 0.230 e. The van der Waals surface area contributed by atoms with Crippen molar-refractivity contribution < 1.29 is 4.79 Å². The summed E-state index contributed by atoms with van der Waals surface area (Å²) < 4.78 is 0. The van der Waals surface area contributed by atoms with Gasteiger partial charge in [0.25, 0.3) is 0 Å². The van der Waals surface area contributed by atoms with Crippen LogP contribution in [-0.2, 0) is 11.2 Å². The predicted octanol–water partition coefficient (Wildman–Crippen LogP) is 4.56. The Morgan fingerprint density at radius 1 is 1.29 bits per heavy atom. The first-order valence-electron chi connectivity index (χ1n) is 8.40. The van der Waals surface area contributed by atoms with Crippen LogP contribution in [0.25, 0.3) is 10.6 Å². The fourth-order valence-corrected chi connectivity index (χ4v) is 4.05. The maximum atomic E-state index is 11.8. The summed E-state index contributed by atoms with van der Waals surface area (Å²) in [5.74, 6) is 2.43. The second-order valence-electron chi connectivity index (χ2n) is 6.35. The quantitative estimate of drug-likeness (QED) is 0.665. The van der Waals surface area contributed by atoms with Gasteiger partial charge < -0.3 is 5.32 Å². The first-order valence-corrected chi connectivity index (χ1v) is 10.4. The number of carbonyl (C=O) groups is 1. The number of hydrogen-bond donors (Lipinski definition) is 1. The predicted molar refractivity (Wildman–Crippen MR) is 106 cm³/mol. The van der Waals surface area contributed by atoms with Crippen LogP contribution in [0.2, 0.25) is 0 Å². The molecule has 2 aromatic rings. The highest BCUT2D eigenvalue weighted by Gasteiger charge is 2.06. The van der Waals surface area contributed by atoms with Crippen LogP contribution in [0.1, 0.15) is 31.5 Å². The van der Waals surface area contributed by atoms with E-state index in [1.54, 1.807) is 23.1 Å². The summed E-state index contributed by atoms with van der Waals surface area (Å²) in [4.78, 5) is 16.5. The van der Waals surface area contributed by atoms with Crippen molar-refractivity contribution in [2.75, 3.05) is 18.1 Å². The molecule has 2 rings (SSSR count). The number of rotatable bonds is 9. The van der Waals surface area contributed by atoms with Gasteiger partial charge in [-0.25, -0.2) is 4.98 Å². The normalized spacial score (nSPS) is 11.0. The largest absolute Gasteiger partial charge is 0.355 e. The number of nitrogens with zero attached hydrogens (tertiary/aromatic N) is 1. The van der Waals surface area contributed by atoms with E-state index in [0.29, 0.717) is 18.2 Å². The summed E-state index contributed by atoms with van der Waals surface area (Å²) in [6.07, 6.45) is 1.95. The lowest BCUT2D eigenvalue weighted by molar-refractivity contribution is -0.118. The molecule has 0 bridgehead atoms. The second kappa shape index (κ2) is 9.84. The molecule has 1 aromatic carbocycles. The molecule has 1 aromatic heterocycles. The van der Waals surface area contributed by atoms with Crippen molar-refractivity contribution in [1.29, 1.82) is 0 Å². The lowest BCUT2D eigenvalue weighted by Gasteiger charge is -2.05. The minimum absolute atomic E-state index is 0.123. The van der Waals surface area contributed by atoms with E-state index < -0.39 is 0 Å². The molecule has 0 saturated heterocycles. The smallest absolute Gasteiger partial charge is 0.230 e. The third-order valence-corrected chi connectivity index (χ3v) is 5.56. The molecule has 1 amide bonds. The Kier molecular flexibility index (Phi) is 7.79. The number of benzene rings is 1. The van der Waals surface area contributed by atoms with E-state index >= 15 is 0 Å². The molecule has 0 aliphatic heterocycles. The van der Waals surface area contributed by atoms with Gasteiger partial charge in [-0.15, -0.1) is 11.3 Å². The lowest BCUT2D eigenvalue weighted by atomic mass is 10.2. The average molecular weight is 363 g/mol. The molecule has 0 aliphatic rings. The van der Waals surface area contributed by atoms with Crippen molar-refractivity contribution in [3.8, 4) is 10.6 Å². The van der Waals surface area contributed by atoms with E-state index in [1.165, 1.54) is 12.0 Å². The van der Waals surface area contributed by atoms with Crippen LogP contribution < -0.4 is 5.32 Å². The molecule has 130 valence electrons. The van der Waals surface area contributed by atoms with Crippen LogP contribution in [0.4, 0.5) is 0 Å². The topological polar surface area (TPSA) is 42.0 Å². The second-order valence-corrected chi connectivity index (χ2v) is 8.31. The summed E-state index contributed by atoms with van der Waals surface area (Å²) >= 11 is 3.37. The van der Waals surface area contributed by atoms with Gasteiger partial charge in [0, 0.05) is 23.9 Å². The first-order chi connectivity index (χ1) is 11.5. The zero-order chi connectivity index (χ0) is 17.4. The van der Waals surface area contributed by atoms with Gasteiger partial charge in [0.2, 0.25) is 5.91 Å². The Labute approximate surface area is 153 Å². The molecule has 3 nitrogen and oxygen atoms in total. The Morgan fingerprint density at radius 2 is 2.04 bits per heavy atom. The number of aryl methyl sites for hydroxylation is 1. The van der Waals surface area contributed by atoms with Crippen LogP contribution in [0.3, 0.4) is 0 Å². The molecule has 0 radical (unpaired) electrons. The number of hydrogen-bond acceptors (Lipinski definition) is 4. The number of amides is 1. The Bertz CT molecular complexity index is 635. The lowest BCUT2D eigenvalue weighted by Crippen LogP contribution is -2.27. The van der Waals surface area contributed by atoms with Gasteiger partial charge in [-0.2, -0.15) is 11.8 Å². The highest BCUT2D eigenvalue weighted by molar-refractivity contribution is 7.99. The zero-order valence-electron chi connectivity index (χ0n) is 14.7. The van der Waals surface area contributed by atoms with Gasteiger partial charge in [-0.3, -0.25) is 4.79 Å². The Hall–Kier alpha value is -1.33. The van der Waals surface area contributed by atoms with Crippen LogP contribution in [0.5, 0.6) is 0 Å². The van der Waals surface area contributed by atoms with E-state index in [1.807, 2.05) is 0 Å². The highest BCUT2D eigenvalue weighted by Crippen LogP contribution is 2.24. The fourth-order valence-electron chi connectivity index (χ4n) is 2.12. The van der Waals surface area contributed by atoms with Crippen molar-refractivity contribution >= 4 is 29.0 Å².